The molecule has 3 rings (SSSR count). The second-order valence-electron chi connectivity index (χ2n) is 4.77. The third kappa shape index (κ3) is 3.04. The first-order chi connectivity index (χ1) is 10.6. The van der Waals surface area contributed by atoms with Crippen molar-refractivity contribution < 1.29 is 14.3 Å². The Kier molecular flexibility index (Phi) is 3.98. The van der Waals surface area contributed by atoms with Gasteiger partial charge >= 0.3 is 0 Å². The van der Waals surface area contributed by atoms with E-state index in [-0.39, 0.29) is 12.7 Å². The molecule has 1 aliphatic rings. The van der Waals surface area contributed by atoms with Crippen LogP contribution in [0.3, 0.4) is 0 Å². The topological polar surface area (TPSA) is 59.9 Å². The smallest absolute Gasteiger partial charge is 0.271 e. The first-order valence-corrected chi connectivity index (χ1v) is 7.00. The van der Waals surface area contributed by atoms with Gasteiger partial charge in [-0.3, -0.25) is 4.79 Å². The van der Waals surface area contributed by atoms with E-state index in [2.05, 4.69) is 10.5 Å². The number of carbonyl (C=O) groups excluding carboxylic acids is 1. The number of nitrogens with zero attached hydrogens (tertiary/aromatic N) is 1. The monoisotopic (exact) mass is 316 g/mol. The van der Waals surface area contributed by atoms with Crippen molar-refractivity contribution in [2.45, 2.75) is 6.92 Å². The molecule has 1 aliphatic heterocycles. The number of hydrogen-bond donors (Lipinski definition) is 1. The normalized spacial score (nSPS) is 12.6. The average Bonchev–Trinajstić information content (AvgIpc) is 2.95. The van der Waals surface area contributed by atoms with Gasteiger partial charge in [0, 0.05) is 16.1 Å². The van der Waals surface area contributed by atoms with Crippen LogP contribution in [0.25, 0.3) is 0 Å². The summed E-state index contributed by atoms with van der Waals surface area (Å²) in [5, 5.41) is 4.55. The molecule has 1 amide bonds. The van der Waals surface area contributed by atoms with Crippen molar-refractivity contribution >= 4 is 23.7 Å². The van der Waals surface area contributed by atoms with Crippen LogP contribution in [-0.2, 0) is 0 Å². The van der Waals surface area contributed by atoms with E-state index in [0.29, 0.717) is 16.3 Å². The lowest BCUT2D eigenvalue weighted by Gasteiger charge is -2.03. The molecular weight excluding hydrogens is 304 g/mol. The number of rotatable bonds is 3. The van der Waals surface area contributed by atoms with Gasteiger partial charge in [-0.25, -0.2) is 5.43 Å². The van der Waals surface area contributed by atoms with E-state index in [9.17, 15) is 4.79 Å². The van der Waals surface area contributed by atoms with Gasteiger partial charge in [0.05, 0.1) is 6.21 Å². The maximum atomic E-state index is 11.9. The number of fused-ring (bicyclic) bond motifs is 1. The zero-order chi connectivity index (χ0) is 15.5. The van der Waals surface area contributed by atoms with Crippen LogP contribution >= 0.6 is 11.6 Å². The van der Waals surface area contributed by atoms with Gasteiger partial charge in [-0.2, -0.15) is 5.10 Å². The highest BCUT2D eigenvalue weighted by molar-refractivity contribution is 6.30. The van der Waals surface area contributed by atoms with Gasteiger partial charge in [0.1, 0.15) is 0 Å². The number of ether oxygens (including phenoxy) is 2. The zero-order valence-electron chi connectivity index (χ0n) is 11.8. The first kappa shape index (κ1) is 14.4. The molecule has 112 valence electrons. The van der Waals surface area contributed by atoms with Crippen LogP contribution in [0.5, 0.6) is 11.5 Å². The standard InChI is InChI=1S/C16H13ClN2O3/c1-10-6-14-15(22-9-21-14)7-12(10)8-18-19-16(20)11-2-4-13(17)5-3-11/h2-8H,9H2,1H3,(H,19,20)/b18-8-. The van der Waals surface area contributed by atoms with Crippen LogP contribution in [0.15, 0.2) is 41.5 Å². The number of hydrogen-bond acceptors (Lipinski definition) is 4. The zero-order valence-corrected chi connectivity index (χ0v) is 12.6. The minimum atomic E-state index is -0.300. The molecule has 5 nitrogen and oxygen atoms in total. The molecule has 0 aliphatic carbocycles. The Bertz CT molecular complexity index is 742. The number of carbonyl (C=O) groups is 1. The van der Waals surface area contributed by atoms with Crippen molar-refractivity contribution in [2.75, 3.05) is 6.79 Å². The number of amides is 1. The van der Waals surface area contributed by atoms with Crippen LogP contribution in [-0.4, -0.2) is 18.9 Å². The predicted molar refractivity (Wildman–Crippen MR) is 83.8 cm³/mol. The molecule has 0 saturated heterocycles. The van der Waals surface area contributed by atoms with Crippen LogP contribution in [0.1, 0.15) is 21.5 Å². The lowest BCUT2D eigenvalue weighted by Crippen LogP contribution is -2.17. The van der Waals surface area contributed by atoms with Gasteiger partial charge in [0.15, 0.2) is 11.5 Å². The molecule has 0 aromatic heterocycles. The summed E-state index contributed by atoms with van der Waals surface area (Å²) >= 11 is 5.78. The Morgan fingerprint density at radius 2 is 1.91 bits per heavy atom. The van der Waals surface area contributed by atoms with Crippen molar-refractivity contribution in [3.63, 3.8) is 0 Å². The third-order valence-electron chi connectivity index (χ3n) is 3.24. The lowest BCUT2D eigenvalue weighted by atomic mass is 10.1. The number of halogens is 1. The summed E-state index contributed by atoms with van der Waals surface area (Å²) in [7, 11) is 0. The van der Waals surface area contributed by atoms with E-state index in [0.717, 1.165) is 16.9 Å². The van der Waals surface area contributed by atoms with Gasteiger partial charge < -0.3 is 9.47 Å². The summed E-state index contributed by atoms with van der Waals surface area (Å²) in [6, 6.07) is 10.3. The molecule has 1 N–H and O–H groups in total. The second-order valence-corrected chi connectivity index (χ2v) is 5.20. The molecule has 0 spiro atoms. The Morgan fingerprint density at radius 1 is 1.23 bits per heavy atom. The van der Waals surface area contributed by atoms with Crippen molar-refractivity contribution in [3.05, 3.63) is 58.1 Å². The summed E-state index contributed by atoms with van der Waals surface area (Å²) in [4.78, 5) is 11.9. The largest absolute Gasteiger partial charge is 0.454 e. The number of nitrogens with one attached hydrogen (secondary N) is 1. The van der Waals surface area contributed by atoms with Gasteiger partial charge in [-0.15, -0.1) is 0 Å². The number of aryl methyl sites for hydroxylation is 1. The number of hydrazone groups is 1. The van der Waals surface area contributed by atoms with Crippen LogP contribution < -0.4 is 14.9 Å². The average molecular weight is 317 g/mol. The fourth-order valence-corrected chi connectivity index (χ4v) is 2.15. The van der Waals surface area contributed by atoms with Crippen molar-refractivity contribution in [1.29, 1.82) is 0 Å². The highest BCUT2D eigenvalue weighted by atomic mass is 35.5. The summed E-state index contributed by atoms with van der Waals surface area (Å²) in [5.41, 5.74) is 4.80. The first-order valence-electron chi connectivity index (χ1n) is 6.63. The Morgan fingerprint density at radius 3 is 2.64 bits per heavy atom. The van der Waals surface area contributed by atoms with E-state index < -0.39 is 0 Å². The molecule has 0 radical (unpaired) electrons. The summed E-state index contributed by atoms with van der Waals surface area (Å²) < 4.78 is 10.6. The van der Waals surface area contributed by atoms with E-state index in [1.54, 1.807) is 30.5 Å². The van der Waals surface area contributed by atoms with Gasteiger partial charge in [-0.05, 0) is 48.9 Å². The molecule has 0 atom stereocenters. The summed E-state index contributed by atoms with van der Waals surface area (Å²) in [6.07, 6.45) is 1.57. The van der Waals surface area contributed by atoms with E-state index in [1.807, 2.05) is 19.1 Å². The molecule has 0 bridgehead atoms. The van der Waals surface area contributed by atoms with Crippen LogP contribution in [0.4, 0.5) is 0 Å². The minimum Gasteiger partial charge on any atom is -0.454 e. The van der Waals surface area contributed by atoms with E-state index in [4.69, 9.17) is 21.1 Å². The number of benzene rings is 2. The fourth-order valence-electron chi connectivity index (χ4n) is 2.02. The van der Waals surface area contributed by atoms with E-state index >= 15 is 0 Å². The fraction of sp³-hybridized carbons (Fsp3) is 0.125. The SMILES string of the molecule is Cc1cc2c(cc1/C=N\NC(=O)c1ccc(Cl)cc1)OCO2. The highest BCUT2D eigenvalue weighted by Crippen LogP contribution is 2.33. The van der Waals surface area contributed by atoms with Crippen molar-refractivity contribution in [2.24, 2.45) is 5.10 Å². The van der Waals surface area contributed by atoms with Crippen LogP contribution in [0.2, 0.25) is 5.02 Å². The highest BCUT2D eigenvalue weighted by Gasteiger charge is 2.14. The van der Waals surface area contributed by atoms with Crippen LogP contribution in [0, 0.1) is 6.92 Å². The molecule has 22 heavy (non-hydrogen) atoms. The molecule has 6 heteroatoms. The quantitative estimate of drug-likeness (QED) is 0.699. The Balaban J connectivity index is 1.70. The van der Waals surface area contributed by atoms with Gasteiger partial charge in [0.2, 0.25) is 6.79 Å². The lowest BCUT2D eigenvalue weighted by molar-refractivity contribution is 0.0955. The Labute approximate surface area is 132 Å². The van der Waals surface area contributed by atoms with Crippen molar-refractivity contribution in [3.8, 4) is 11.5 Å². The predicted octanol–water partition coefficient (Wildman–Crippen LogP) is 3.14. The minimum absolute atomic E-state index is 0.225. The second kappa shape index (κ2) is 6.07. The molecular formula is C16H13ClN2O3. The molecule has 0 unspecified atom stereocenters. The van der Waals surface area contributed by atoms with Gasteiger partial charge in [-0.1, -0.05) is 11.6 Å². The molecule has 1 heterocycles. The molecule has 0 saturated carbocycles. The van der Waals surface area contributed by atoms with E-state index in [1.165, 1.54) is 0 Å². The molecule has 2 aromatic carbocycles. The third-order valence-corrected chi connectivity index (χ3v) is 3.49. The maximum Gasteiger partial charge on any atom is 0.271 e. The summed E-state index contributed by atoms with van der Waals surface area (Å²) in [5.74, 6) is 1.10. The Hall–Kier alpha value is -2.53. The molecule has 0 fully saturated rings. The van der Waals surface area contributed by atoms with Crippen molar-refractivity contribution in [1.82, 2.24) is 5.43 Å². The maximum absolute atomic E-state index is 11.9. The molecule has 2 aromatic rings. The summed E-state index contributed by atoms with van der Waals surface area (Å²) in [6.45, 7) is 2.16. The van der Waals surface area contributed by atoms with Gasteiger partial charge in [0.25, 0.3) is 5.91 Å².